The number of morpholine rings is 2. The first kappa shape index (κ1) is 63.0. The molecule has 6 aliphatic heterocycles. The molecule has 0 unspecified atom stereocenters. The van der Waals surface area contributed by atoms with Gasteiger partial charge >= 0.3 is 0 Å². The minimum absolute atomic E-state index is 0.00367. The SMILES string of the molecule is C[C@@H]1CN(CC(=O)N2CC(C)(C)c3[nH]c(=O)c(Cc4ccc(F)cc4)cc32)[C@@H](CN2CCO[C@H](COc3ccc(-c4ccc(OC[C@@H]5CN(C[C@H]6CN[C@H](C)CN6CC(=O)N6CC(C)(C)c7[nH]c(=O)c(Cc8ccc(F)cc8)cc76)CCO5)cc4)cc3)C2)CN1. The summed E-state index contributed by atoms with van der Waals surface area (Å²) in [5, 5.41) is 7.29. The number of ether oxygens (including phenoxy) is 4. The summed E-state index contributed by atoms with van der Waals surface area (Å²) < 4.78 is 52.4. The maximum atomic E-state index is 14.4. The number of pyridine rings is 2. The van der Waals surface area contributed by atoms with Crippen LogP contribution in [-0.2, 0) is 42.7 Å². The van der Waals surface area contributed by atoms with E-state index in [4.69, 9.17) is 18.9 Å². The van der Waals surface area contributed by atoms with Crippen LogP contribution in [0.3, 0.4) is 0 Å². The zero-order chi connectivity index (χ0) is 62.8. The van der Waals surface area contributed by atoms with E-state index in [1.807, 2.05) is 46.2 Å². The summed E-state index contributed by atoms with van der Waals surface area (Å²) in [5.41, 5.74) is 6.56. The molecule has 0 spiro atoms. The molecule has 4 N–H and O–H groups in total. The molecule has 18 nitrogen and oxygen atoms in total. The predicted molar refractivity (Wildman–Crippen MR) is 344 cm³/mol. The minimum atomic E-state index is -0.436. The van der Waals surface area contributed by atoms with Gasteiger partial charge < -0.3 is 49.3 Å². The van der Waals surface area contributed by atoms with E-state index in [9.17, 15) is 28.0 Å². The van der Waals surface area contributed by atoms with Crippen LogP contribution in [0.1, 0.15) is 75.2 Å². The predicted octanol–water partition coefficient (Wildman–Crippen LogP) is 6.32. The summed E-state index contributed by atoms with van der Waals surface area (Å²) in [5.74, 6) is 0.855. The third-order valence-corrected chi connectivity index (χ3v) is 18.9. The van der Waals surface area contributed by atoms with E-state index in [-0.39, 0.29) is 84.0 Å². The van der Waals surface area contributed by atoms with Crippen molar-refractivity contribution >= 4 is 23.2 Å². The molecule has 6 aromatic rings. The fourth-order valence-electron chi connectivity index (χ4n) is 13.9. The molecule has 90 heavy (non-hydrogen) atoms. The van der Waals surface area contributed by atoms with Crippen LogP contribution < -0.4 is 41.0 Å². The van der Waals surface area contributed by atoms with E-state index in [0.717, 1.165) is 109 Å². The topological polar surface area (TPSA) is 180 Å². The van der Waals surface area contributed by atoms with Crippen LogP contribution in [0, 0.1) is 11.6 Å². The quantitative estimate of drug-likeness (QED) is 0.0708. The van der Waals surface area contributed by atoms with Crippen molar-refractivity contribution in [2.45, 2.75) is 102 Å². The van der Waals surface area contributed by atoms with Gasteiger partial charge in [0.15, 0.2) is 0 Å². The fourth-order valence-corrected chi connectivity index (χ4v) is 13.9. The molecule has 0 saturated carbocycles. The summed E-state index contributed by atoms with van der Waals surface area (Å²) in [7, 11) is 0. The highest BCUT2D eigenvalue weighted by Crippen LogP contribution is 2.41. The van der Waals surface area contributed by atoms with Gasteiger partial charge in [0, 0.05) is 149 Å². The standard InChI is InChI=1S/C70H86F2N10O8/c1-45-33-79(39-63(83)81-43-69(3,4)65-61(81)29-51(67(85)75-65)27-47-7-15-53(71)16-8-47)55(31-73-45)35-77-23-25-87-59(37-77)41-89-57-19-11-49(12-20-57)50-13-21-58(22-14-50)90-42-60-38-78(24-26-88-60)36-56-32-74-46(2)34-80(56)40-64(84)82-44-70(5,6)66-62(82)30-52(68(86)76-66)28-48-9-17-54(72)18-10-48/h7-22,29-30,45-46,55-56,59-60,73-74H,23-28,31-44H2,1-6H3,(H,75,85)(H,76,86)/t45-,46-,55-,56-,59+,60+/m1/s1. The second-order valence-corrected chi connectivity index (χ2v) is 27.1. The molecule has 2 aromatic heterocycles. The van der Waals surface area contributed by atoms with Crippen LogP contribution in [0.4, 0.5) is 20.2 Å². The molecule has 4 aromatic carbocycles. The Balaban J connectivity index is 0.593. The van der Waals surface area contributed by atoms with Crippen LogP contribution in [-0.4, -0.2) is 196 Å². The number of nitrogens with one attached hydrogen (secondary N) is 4. The average Bonchev–Trinajstić information content (AvgIpc) is 1.70. The lowest BCUT2D eigenvalue weighted by molar-refractivity contribution is -0.121. The van der Waals surface area contributed by atoms with E-state index >= 15 is 0 Å². The third-order valence-electron chi connectivity index (χ3n) is 18.9. The normalized spacial score (nSPS) is 23.8. The zero-order valence-electron chi connectivity index (χ0n) is 52.7. The van der Waals surface area contributed by atoms with Gasteiger partial charge in [-0.1, -0.05) is 76.2 Å². The lowest BCUT2D eigenvalue weighted by atomic mass is 9.91. The van der Waals surface area contributed by atoms with Gasteiger partial charge in [-0.3, -0.25) is 38.8 Å². The zero-order valence-corrected chi connectivity index (χ0v) is 52.7. The molecule has 0 bridgehead atoms. The number of piperazine rings is 2. The Hall–Kier alpha value is -7.14. The summed E-state index contributed by atoms with van der Waals surface area (Å²) in [6.45, 7) is 23.4. The van der Waals surface area contributed by atoms with Crippen molar-refractivity contribution in [2.75, 3.05) is 128 Å². The molecule has 0 radical (unpaired) electrons. The van der Waals surface area contributed by atoms with Crippen molar-refractivity contribution in [1.29, 1.82) is 0 Å². The Bertz CT molecular complexity index is 3390. The van der Waals surface area contributed by atoms with Crippen LogP contribution in [0.25, 0.3) is 11.1 Å². The van der Waals surface area contributed by atoms with Crippen molar-refractivity contribution in [3.8, 4) is 22.6 Å². The number of aromatic amines is 2. The smallest absolute Gasteiger partial charge is 0.251 e. The maximum absolute atomic E-state index is 14.4. The Morgan fingerprint density at radius 1 is 0.556 bits per heavy atom. The molecule has 4 saturated heterocycles. The molecule has 12 rings (SSSR count). The number of rotatable bonds is 19. The molecule has 478 valence electrons. The van der Waals surface area contributed by atoms with Gasteiger partial charge in [-0.2, -0.15) is 0 Å². The van der Waals surface area contributed by atoms with Gasteiger partial charge in [0.1, 0.15) is 48.6 Å². The number of fused-ring (bicyclic) bond motifs is 2. The van der Waals surface area contributed by atoms with E-state index < -0.39 is 10.8 Å². The third kappa shape index (κ3) is 14.8. The van der Waals surface area contributed by atoms with E-state index in [1.54, 1.807) is 24.3 Å². The van der Waals surface area contributed by atoms with E-state index in [1.165, 1.54) is 24.3 Å². The van der Waals surface area contributed by atoms with E-state index in [2.05, 4.69) is 106 Å². The molecular weight excluding hydrogens is 1150 g/mol. The Morgan fingerprint density at radius 2 is 0.944 bits per heavy atom. The molecule has 8 heterocycles. The number of carbonyl (C=O) groups excluding carboxylic acids is 2. The maximum Gasteiger partial charge on any atom is 0.251 e. The monoisotopic (exact) mass is 1230 g/mol. The van der Waals surface area contributed by atoms with Crippen LogP contribution in [0.5, 0.6) is 11.5 Å². The number of halogens is 2. The molecule has 4 fully saturated rings. The number of benzene rings is 4. The Morgan fingerprint density at radius 3 is 1.33 bits per heavy atom. The number of hydrogen-bond donors (Lipinski definition) is 4. The first-order valence-corrected chi connectivity index (χ1v) is 32.0. The lowest BCUT2D eigenvalue weighted by Crippen LogP contribution is -2.61. The lowest BCUT2D eigenvalue weighted by Gasteiger charge is -2.43. The number of amides is 2. The van der Waals surface area contributed by atoms with Gasteiger partial charge in [-0.15, -0.1) is 0 Å². The Kier molecular flexibility index (Phi) is 18.9. The summed E-state index contributed by atoms with van der Waals surface area (Å²) in [6.07, 6.45) is 0.416. The van der Waals surface area contributed by atoms with E-state index in [0.29, 0.717) is 76.6 Å². The first-order valence-electron chi connectivity index (χ1n) is 32.0. The van der Waals surface area contributed by atoms with Crippen LogP contribution >= 0.6 is 0 Å². The molecular formula is C70H86F2N10O8. The second-order valence-electron chi connectivity index (χ2n) is 27.1. The Labute approximate surface area is 525 Å². The summed E-state index contributed by atoms with van der Waals surface area (Å²) in [6, 6.07) is 32.9. The van der Waals surface area contributed by atoms with Crippen molar-refractivity contribution in [3.05, 3.63) is 175 Å². The largest absolute Gasteiger partial charge is 0.491 e. The van der Waals surface area contributed by atoms with Gasteiger partial charge in [0.2, 0.25) is 11.8 Å². The van der Waals surface area contributed by atoms with Crippen LogP contribution in [0.2, 0.25) is 0 Å². The number of carbonyl (C=O) groups is 2. The molecule has 6 aliphatic rings. The van der Waals surface area contributed by atoms with Gasteiger partial charge in [0.05, 0.1) is 37.7 Å². The second kappa shape index (κ2) is 27.0. The number of anilines is 2. The summed E-state index contributed by atoms with van der Waals surface area (Å²) >= 11 is 0. The average molecular weight is 1230 g/mol. The van der Waals surface area contributed by atoms with Gasteiger partial charge in [-0.05, 0) is 96.8 Å². The number of aromatic nitrogens is 2. The fraction of sp³-hybridized carbons (Fsp3) is 0.486. The molecule has 20 heteroatoms. The van der Waals surface area contributed by atoms with Crippen LogP contribution in [0.15, 0.2) is 119 Å². The highest BCUT2D eigenvalue weighted by atomic mass is 19.1. The van der Waals surface area contributed by atoms with Crippen molar-refractivity contribution < 1.29 is 37.3 Å². The molecule has 6 atom stereocenters. The molecule has 2 amide bonds. The van der Waals surface area contributed by atoms with Gasteiger partial charge in [0.25, 0.3) is 11.1 Å². The minimum Gasteiger partial charge on any atom is -0.491 e. The van der Waals surface area contributed by atoms with Crippen molar-refractivity contribution in [2.24, 2.45) is 0 Å². The van der Waals surface area contributed by atoms with Crippen molar-refractivity contribution in [1.82, 2.24) is 40.2 Å². The first-order chi connectivity index (χ1) is 43.2. The highest BCUT2D eigenvalue weighted by Gasteiger charge is 2.43. The number of H-pyrrole nitrogens is 2. The number of hydrogen-bond acceptors (Lipinski definition) is 14. The summed E-state index contributed by atoms with van der Waals surface area (Å²) in [4.78, 5) is 74.7. The molecule has 0 aliphatic carbocycles. The van der Waals surface area contributed by atoms with Gasteiger partial charge in [-0.25, -0.2) is 8.78 Å². The van der Waals surface area contributed by atoms with Crippen molar-refractivity contribution in [3.63, 3.8) is 0 Å². The highest BCUT2D eigenvalue weighted by molar-refractivity contribution is 5.98. The number of nitrogens with zero attached hydrogens (tertiary/aromatic N) is 6.